The Balaban J connectivity index is 2.65. The van der Waals surface area contributed by atoms with Crippen LogP contribution in [0.1, 0.15) is 24.3 Å². The average molecular weight is 285 g/mol. The molecule has 19 heavy (non-hydrogen) atoms. The third-order valence-electron chi connectivity index (χ3n) is 2.34. The Hall–Kier alpha value is -2.09. The Morgan fingerprint density at radius 1 is 1.42 bits per heavy atom. The van der Waals surface area contributed by atoms with Crippen LogP contribution in [0.25, 0.3) is 0 Å². The normalized spacial score (nSPS) is 13.3. The van der Waals surface area contributed by atoms with Gasteiger partial charge in [0.15, 0.2) is 0 Å². The van der Waals surface area contributed by atoms with Crippen LogP contribution in [-0.4, -0.2) is 29.1 Å². The maximum Gasteiger partial charge on any atom is 0.325 e. The highest BCUT2D eigenvalue weighted by atomic mass is 32.1. The molecule has 1 aromatic heterocycles. The van der Waals surface area contributed by atoms with Gasteiger partial charge in [0.05, 0.1) is 12.5 Å². The zero-order chi connectivity index (χ0) is 14.4. The number of primary amides is 1. The largest absolute Gasteiger partial charge is 0.480 e. The van der Waals surface area contributed by atoms with Crippen LogP contribution < -0.4 is 16.4 Å². The smallest absolute Gasteiger partial charge is 0.325 e. The lowest BCUT2D eigenvalue weighted by Crippen LogP contribution is -2.41. The van der Waals surface area contributed by atoms with Crippen molar-refractivity contribution in [3.8, 4) is 0 Å². The van der Waals surface area contributed by atoms with Crippen molar-refractivity contribution in [1.29, 1.82) is 0 Å². The topological polar surface area (TPSA) is 122 Å². The predicted molar refractivity (Wildman–Crippen MR) is 69.6 cm³/mol. The molecular weight excluding hydrogens is 270 g/mol. The quantitative estimate of drug-likeness (QED) is 0.605. The van der Waals surface area contributed by atoms with Crippen LogP contribution in [0.5, 0.6) is 0 Å². The molecule has 0 radical (unpaired) electrons. The lowest BCUT2D eigenvalue weighted by atomic mass is 10.1. The Morgan fingerprint density at radius 2 is 2.11 bits per heavy atom. The van der Waals surface area contributed by atoms with E-state index in [1.165, 1.54) is 18.3 Å². The van der Waals surface area contributed by atoms with Gasteiger partial charge in [0, 0.05) is 4.88 Å². The second-order valence-corrected chi connectivity index (χ2v) is 4.89. The monoisotopic (exact) mass is 285 g/mol. The van der Waals surface area contributed by atoms with Gasteiger partial charge in [-0.3, -0.25) is 9.59 Å². The van der Waals surface area contributed by atoms with E-state index in [-0.39, 0.29) is 6.42 Å². The number of hydrogen-bond donors (Lipinski definition) is 4. The van der Waals surface area contributed by atoms with E-state index in [9.17, 15) is 14.4 Å². The molecule has 0 saturated heterocycles. The van der Waals surface area contributed by atoms with Crippen molar-refractivity contribution in [3.05, 3.63) is 22.4 Å². The van der Waals surface area contributed by atoms with Crippen molar-refractivity contribution >= 4 is 29.2 Å². The number of carboxylic acid groups (broad SMARTS) is 1. The van der Waals surface area contributed by atoms with E-state index >= 15 is 0 Å². The highest BCUT2D eigenvalue weighted by Crippen LogP contribution is 2.21. The van der Waals surface area contributed by atoms with Crippen molar-refractivity contribution in [2.24, 2.45) is 5.73 Å². The van der Waals surface area contributed by atoms with Gasteiger partial charge in [-0.15, -0.1) is 11.3 Å². The first-order chi connectivity index (χ1) is 8.90. The van der Waals surface area contributed by atoms with Crippen LogP contribution in [0, 0.1) is 0 Å². The maximum absolute atomic E-state index is 11.7. The molecule has 1 rings (SSSR count). The van der Waals surface area contributed by atoms with Crippen LogP contribution in [0.4, 0.5) is 4.79 Å². The van der Waals surface area contributed by atoms with Crippen LogP contribution in [0.2, 0.25) is 0 Å². The second-order valence-electron chi connectivity index (χ2n) is 3.91. The number of hydrogen-bond acceptors (Lipinski definition) is 4. The SMILES string of the molecule is C[C@H](NC(=O)CC(NC(N)=O)c1cccs1)C(=O)O. The van der Waals surface area contributed by atoms with E-state index in [1.54, 1.807) is 12.1 Å². The van der Waals surface area contributed by atoms with E-state index < -0.39 is 30.0 Å². The minimum atomic E-state index is -1.12. The van der Waals surface area contributed by atoms with Crippen LogP contribution >= 0.6 is 11.3 Å². The summed E-state index contributed by atoms with van der Waals surface area (Å²) in [7, 11) is 0. The molecule has 8 heteroatoms. The van der Waals surface area contributed by atoms with Gasteiger partial charge in [-0.25, -0.2) is 4.79 Å². The molecule has 0 aromatic carbocycles. The van der Waals surface area contributed by atoms with Crippen molar-refractivity contribution in [2.75, 3.05) is 0 Å². The first kappa shape index (κ1) is 15.0. The summed E-state index contributed by atoms with van der Waals surface area (Å²) in [4.78, 5) is 34.0. The number of thiophene rings is 1. The number of carboxylic acids is 1. The highest BCUT2D eigenvalue weighted by Gasteiger charge is 2.21. The summed E-state index contributed by atoms with van der Waals surface area (Å²) >= 11 is 1.37. The molecule has 0 bridgehead atoms. The van der Waals surface area contributed by atoms with Gasteiger partial charge >= 0.3 is 12.0 Å². The maximum atomic E-state index is 11.7. The number of aliphatic carboxylic acids is 1. The summed E-state index contributed by atoms with van der Waals surface area (Å²) in [6, 6.07) is 1.27. The Kier molecular flexibility index (Phi) is 5.31. The van der Waals surface area contributed by atoms with Gasteiger partial charge in [0.2, 0.25) is 5.91 Å². The fourth-order valence-electron chi connectivity index (χ4n) is 1.43. The van der Waals surface area contributed by atoms with Gasteiger partial charge in [0.25, 0.3) is 0 Å². The molecule has 3 amide bonds. The molecule has 2 atom stereocenters. The van der Waals surface area contributed by atoms with Crippen molar-refractivity contribution in [1.82, 2.24) is 10.6 Å². The number of nitrogens with one attached hydrogen (secondary N) is 2. The van der Waals surface area contributed by atoms with Crippen molar-refractivity contribution < 1.29 is 19.5 Å². The number of rotatable bonds is 6. The molecule has 104 valence electrons. The first-order valence-corrected chi connectivity index (χ1v) is 6.39. The van der Waals surface area contributed by atoms with Gasteiger partial charge in [-0.1, -0.05) is 6.07 Å². The van der Waals surface area contributed by atoms with E-state index in [1.807, 2.05) is 5.38 Å². The van der Waals surface area contributed by atoms with Crippen molar-refractivity contribution in [2.45, 2.75) is 25.4 Å². The molecule has 0 aliphatic heterocycles. The van der Waals surface area contributed by atoms with Crippen molar-refractivity contribution in [3.63, 3.8) is 0 Å². The molecule has 1 heterocycles. The third kappa shape index (κ3) is 4.96. The van der Waals surface area contributed by atoms with Gasteiger partial charge in [0.1, 0.15) is 6.04 Å². The van der Waals surface area contributed by atoms with Gasteiger partial charge in [-0.2, -0.15) is 0 Å². The molecule has 1 unspecified atom stereocenters. The van der Waals surface area contributed by atoms with Crippen LogP contribution in [-0.2, 0) is 9.59 Å². The zero-order valence-electron chi connectivity index (χ0n) is 10.3. The lowest BCUT2D eigenvalue weighted by molar-refractivity contribution is -0.141. The van der Waals surface area contributed by atoms with E-state index in [2.05, 4.69) is 10.6 Å². The summed E-state index contributed by atoms with van der Waals surface area (Å²) in [5, 5.41) is 15.3. The van der Waals surface area contributed by atoms with Gasteiger partial charge in [-0.05, 0) is 18.4 Å². The summed E-state index contributed by atoms with van der Waals surface area (Å²) < 4.78 is 0. The minimum absolute atomic E-state index is 0.0684. The number of carbonyl (C=O) groups excluding carboxylic acids is 2. The van der Waals surface area contributed by atoms with E-state index in [0.29, 0.717) is 0 Å². The Labute approximate surface area is 113 Å². The molecule has 0 aliphatic carbocycles. The summed E-state index contributed by atoms with van der Waals surface area (Å²) in [6.45, 7) is 1.36. The number of urea groups is 1. The molecule has 0 saturated carbocycles. The van der Waals surface area contributed by atoms with Crippen LogP contribution in [0.15, 0.2) is 17.5 Å². The standard InChI is InChI=1S/C11H15N3O4S/c1-6(10(16)17)13-9(15)5-7(14-11(12)18)8-3-2-4-19-8/h2-4,6-7H,5H2,1H3,(H,13,15)(H,16,17)(H3,12,14,18)/t6-,7?/m0/s1. The molecule has 0 fully saturated rings. The average Bonchev–Trinajstić information content (AvgIpc) is 2.80. The first-order valence-electron chi connectivity index (χ1n) is 5.51. The fourth-order valence-corrected chi connectivity index (χ4v) is 2.21. The zero-order valence-corrected chi connectivity index (χ0v) is 11.1. The Morgan fingerprint density at radius 3 is 2.58 bits per heavy atom. The number of nitrogens with two attached hydrogens (primary N) is 1. The van der Waals surface area contributed by atoms with E-state index in [4.69, 9.17) is 10.8 Å². The molecular formula is C11H15N3O4S. The molecule has 7 nitrogen and oxygen atoms in total. The molecule has 5 N–H and O–H groups in total. The third-order valence-corrected chi connectivity index (χ3v) is 3.33. The molecule has 0 aliphatic rings. The van der Waals surface area contributed by atoms with E-state index in [0.717, 1.165) is 4.88 Å². The second kappa shape index (κ2) is 6.74. The number of carbonyl (C=O) groups is 3. The highest BCUT2D eigenvalue weighted by molar-refractivity contribution is 7.10. The summed E-state index contributed by atoms with van der Waals surface area (Å²) in [5.41, 5.74) is 5.05. The minimum Gasteiger partial charge on any atom is -0.480 e. The lowest BCUT2D eigenvalue weighted by Gasteiger charge is -2.17. The fraction of sp³-hybridized carbons (Fsp3) is 0.364. The van der Waals surface area contributed by atoms with Gasteiger partial charge < -0.3 is 21.5 Å². The summed E-state index contributed by atoms with van der Waals surface area (Å²) in [6.07, 6.45) is -0.0684. The predicted octanol–water partition coefficient (Wildman–Crippen LogP) is 0.437. The van der Waals surface area contributed by atoms with Crippen LogP contribution in [0.3, 0.4) is 0 Å². The number of amides is 3. The molecule has 1 aromatic rings. The summed E-state index contributed by atoms with van der Waals surface area (Å²) in [5.74, 6) is -1.59. The molecule has 0 spiro atoms. The Bertz CT molecular complexity index is 461.